The van der Waals surface area contributed by atoms with Crippen LogP contribution in [-0.4, -0.2) is 67.8 Å². The first kappa shape index (κ1) is 17.0. The van der Waals surface area contributed by atoms with Gasteiger partial charge in [0.2, 0.25) is 0 Å². The number of benzene rings is 1. The van der Waals surface area contributed by atoms with Gasteiger partial charge < -0.3 is 20.3 Å². The lowest BCUT2D eigenvalue weighted by molar-refractivity contribution is 0.0982. The number of piperidine rings is 1. The lowest BCUT2D eigenvalue weighted by Crippen LogP contribution is -2.52. The predicted molar refractivity (Wildman–Crippen MR) is 104 cm³/mol. The Balaban J connectivity index is 1.45. The van der Waals surface area contributed by atoms with E-state index in [4.69, 9.17) is 10.5 Å². The Morgan fingerprint density at radius 3 is 2.40 bits per heavy atom. The second kappa shape index (κ2) is 6.36. The molecule has 3 aliphatic heterocycles. The third-order valence-electron chi connectivity index (χ3n) is 6.11. The molecule has 0 radical (unpaired) electrons. The molecule has 2 N–H and O–H groups in total. The molecular formula is C20H32N4O. The van der Waals surface area contributed by atoms with Crippen LogP contribution in [0.1, 0.15) is 32.3 Å². The van der Waals surface area contributed by atoms with Crippen molar-refractivity contribution in [2.24, 2.45) is 0 Å². The van der Waals surface area contributed by atoms with E-state index in [9.17, 15) is 0 Å². The fourth-order valence-electron chi connectivity index (χ4n) is 4.62. The molecule has 4 rings (SSSR count). The zero-order valence-corrected chi connectivity index (χ0v) is 15.9. The zero-order valence-electron chi connectivity index (χ0n) is 15.9. The quantitative estimate of drug-likeness (QED) is 0.834. The van der Waals surface area contributed by atoms with Gasteiger partial charge in [0.1, 0.15) is 11.4 Å². The number of nitrogens with two attached hydrogens (primary N) is 1. The van der Waals surface area contributed by atoms with E-state index in [-0.39, 0.29) is 5.60 Å². The fourth-order valence-corrected chi connectivity index (χ4v) is 4.62. The van der Waals surface area contributed by atoms with Crippen molar-refractivity contribution in [1.29, 1.82) is 0 Å². The number of piperazine rings is 1. The van der Waals surface area contributed by atoms with Crippen molar-refractivity contribution in [3.05, 3.63) is 17.7 Å². The third-order valence-corrected chi connectivity index (χ3v) is 6.11. The van der Waals surface area contributed by atoms with Gasteiger partial charge in [0.25, 0.3) is 0 Å². The standard InChI is InChI=1S/C20H32N4O/c1-20(2)14-16-18(5-4-17(21)19(16)25-20)24-8-6-15(7-9-24)23-12-10-22(3)11-13-23/h4-5,15H,6-14,21H2,1-3H3. The van der Waals surface area contributed by atoms with Gasteiger partial charge in [0, 0.05) is 63.0 Å². The minimum Gasteiger partial charge on any atom is -0.485 e. The molecule has 25 heavy (non-hydrogen) atoms. The first-order valence-corrected chi connectivity index (χ1v) is 9.71. The molecule has 3 heterocycles. The highest BCUT2D eigenvalue weighted by atomic mass is 16.5. The molecule has 1 aromatic rings. The van der Waals surface area contributed by atoms with Gasteiger partial charge in [-0.2, -0.15) is 0 Å². The summed E-state index contributed by atoms with van der Waals surface area (Å²) in [5, 5.41) is 0. The van der Waals surface area contributed by atoms with Gasteiger partial charge in [-0.25, -0.2) is 0 Å². The van der Waals surface area contributed by atoms with Gasteiger partial charge in [-0.1, -0.05) is 0 Å². The molecular weight excluding hydrogens is 312 g/mol. The average Bonchev–Trinajstić information content (AvgIpc) is 2.92. The molecule has 0 atom stereocenters. The summed E-state index contributed by atoms with van der Waals surface area (Å²) in [7, 11) is 2.23. The maximum atomic E-state index is 6.17. The van der Waals surface area contributed by atoms with Crippen molar-refractivity contribution in [3.8, 4) is 5.75 Å². The van der Waals surface area contributed by atoms with E-state index in [2.05, 4.69) is 41.7 Å². The molecule has 0 unspecified atom stereocenters. The van der Waals surface area contributed by atoms with Crippen molar-refractivity contribution in [3.63, 3.8) is 0 Å². The van der Waals surface area contributed by atoms with Crippen molar-refractivity contribution in [2.45, 2.75) is 44.8 Å². The van der Waals surface area contributed by atoms with Crippen LogP contribution in [0.5, 0.6) is 5.75 Å². The van der Waals surface area contributed by atoms with Gasteiger partial charge >= 0.3 is 0 Å². The summed E-state index contributed by atoms with van der Waals surface area (Å²) in [4.78, 5) is 7.69. The van der Waals surface area contributed by atoms with E-state index in [0.717, 1.165) is 37.0 Å². The summed E-state index contributed by atoms with van der Waals surface area (Å²) in [6, 6.07) is 4.97. The lowest BCUT2D eigenvalue weighted by atomic mass is 9.97. The van der Waals surface area contributed by atoms with Crippen LogP contribution >= 0.6 is 0 Å². The number of hydrogen-bond donors (Lipinski definition) is 1. The largest absolute Gasteiger partial charge is 0.485 e. The molecule has 3 aliphatic rings. The third kappa shape index (κ3) is 3.32. The Kier molecular flexibility index (Phi) is 4.32. The van der Waals surface area contributed by atoms with Crippen molar-refractivity contribution in [1.82, 2.24) is 9.80 Å². The van der Waals surface area contributed by atoms with E-state index in [1.165, 1.54) is 50.3 Å². The van der Waals surface area contributed by atoms with E-state index < -0.39 is 0 Å². The van der Waals surface area contributed by atoms with Gasteiger partial charge in [-0.05, 0) is 45.9 Å². The van der Waals surface area contributed by atoms with Gasteiger partial charge in [-0.3, -0.25) is 4.90 Å². The summed E-state index contributed by atoms with van der Waals surface area (Å²) >= 11 is 0. The molecule has 1 aromatic carbocycles. The van der Waals surface area contributed by atoms with Gasteiger partial charge in [-0.15, -0.1) is 0 Å². The van der Waals surface area contributed by atoms with Crippen LogP contribution in [0, 0.1) is 0 Å². The number of nitrogens with zero attached hydrogens (tertiary/aromatic N) is 3. The molecule has 0 saturated carbocycles. The number of fused-ring (bicyclic) bond motifs is 1. The van der Waals surface area contributed by atoms with E-state index in [1.54, 1.807) is 0 Å². The number of nitrogen functional groups attached to an aromatic ring is 1. The number of rotatable bonds is 2. The van der Waals surface area contributed by atoms with Crippen LogP contribution in [0.2, 0.25) is 0 Å². The molecule has 5 heteroatoms. The fraction of sp³-hybridized carbons (Fsp3) is 0.700. The van der Waals surface area contributed by atoms with E-state index >= 15 is 0 Å². The van der Waals surface area contributed by atoms with Gasteiger partial charge in [0.15, 0.2) is 0 Å². The number of hydrogen-bond acceptors (Lipinski definition) is 5. The van der Waals surface area contributed by atoms with Crippen molar-refractivity contribution >= 4 is 11.4 Å². The second-order valence-electron chi connectivity index (χ2n) is 8.58. The molecule has 0 aliphatic carbocycles. The number of likely N-dealkylation sites (N-methyl/N-ethyl adjacent to an activating group) is 1. The first-order valence-electron chi connectivity index (χ1n) is 9.71. The summed E-state index contributed by atoms with van der Waals surface area (Å²) in [6.45, 7) is 11.4. The highest BCUT2D eigenvalue weighted by Crippen LogP contribution is 2.44. The minimum atomic E-state index is -0.148. The number of anilines is 2. The Morgan fingerprint density at radius 1 is 1.04 bits per heavy atom. The summed E-state index contributed by atoms with van der Waals surface area (Å²) in [6.07, 6.45) is 3.46. The lowest BCUT2D eigenvalue weighted by Gasteiger charge is -2.43. The Bertz CT molecular complexity index is 629. The van der Waals surface area contributed by atoms with Crippen LogP contribution < -0.4 is 15.4 Å². The van der Waals surface area contributed by atoms with E-state index in [0.29, 0.717) is 0 Å². The number of ether oxygens (including phenoxy) is 1. The Morgan fingerprint density at radius 2 is 1.72 bits per heavy atom. The Labute approximate surface area is 151 Å². The molecule has 0 amide bonds. The average molecular weight is 345 g/mol. The molecule has 138 valence electrons. The first-order chi connectivity index (χ1) is 11.9. The summed E-state index contributed by atoms with van der Waals surface area (Å²) in [5.74, 6) is 0.920. The van der Waals surface area contributed by atoms with Gasteiger partial charge in [0.05, 0.1) is 5.69 Å². The van der Waals surface area contributed by atoms with Crippen LogP contribution in [0.4, 0.5) is 11.4 Å². The zero-order chi connectivity index (χ0) is 17.6. The Hall–Kier alpha value is -1.46. The smallest absolute Gasteiger partial charge is 0.148 e. The van der Waals surface area contributed by atoms with Crippen LogP contribution in [0.25, 0.3) is 0 Å². The molecule has 5 nitrogen and oxygen atoms in total. The molecule has 2 fully saturated rings. The topological polar surface area (TPSA) is 45.0 Å². The summed E-state index contributed by atoms with van der Waals surface area (Å²) in [5.41, 5.74) is 9.44. The highest BCUT2D eigenvalue weighted by molar-refractivity contribution is 5.71. The monoisotopic (exact) mass is 344 g/mol. The van der Waals surface area contributed by atoms with Crippen LogP contribution in [-0.2, 0) is 6.42 Å². The predicted octanol–water partition coefficient (Wildman–Crippen LogP) is 2.20. The van der Waals surface area contributed by atoms with Crippen molar-refractivity contribution in [2.75, 3.05) is 56.9 Å². The maximum Gasteiger partial charge on any atom is 0.148 e. The SMILES string of the molecule is CN1CCN(C2CCN(c3ccc(N)c4c3CC(C)(C)O4)CC2)CC1. The van der Waals surface area contributed by atoms with E-state index in [1.807, 2.05) is 6.07 Å². The summed E-state index contributed by atoms with van der Waals surface area (Å²) < 4.78 is 6.12. The molecule has 2 saturated heterocycles. The molecule has 0 bridgehead atoms. The minimum absolute atomic E-state index is 0.148. The highest BCUT2D eigenvalue weighted by Gasteiger charge is 2.35. The second-order valence-corrected chi connectivity index (χ2v) is 8.58. The van der Waals surface area contributed by atoms with Crippen LogP contribution in [0.3, 0.4) is 0 Å². The normalized spacial score (nSPS) is 25.0. The van der Waals surface area contributed by atoms with Crippen LogP contribution in [0.15, 0.2) is 12.1 Å². The molecule has 0 spiro atoms. The maximum absolute atomic E-state index is 6.17. The molecule has 0 aromatic heterocycles. The van der Waals surface area contributed by atoms with Crippen molar-refractivity contribution < 1.29 is 4.74 Å².